The summed E-state index contributed by atoms with van der Waals surface area (Å²) in [6, 6.07) is 3.94. The van der Waals surface area contributed by atoms with E-state index in [9.17, 15) is 14.0 Å². The van der Waals surface area contributed by atoms with Gasteiger partial charge < -0.3 is 10.0 Å². The van der Waals surface area contributed by atoms with Gasteiger partial charge in [-0.25, -0.2) is 9.18 Å². The first-order valence-corrected chi connectivity index (χ1v) is 4.84. The Labute approximate surface area is 98.0 Å². The number of carbonyl (C=O) groups excluding carboxylic acids is 1. The average molecular weight is 237 g/mol. The minimum absolute atomic E-state index is 0.0394. The summed E-state index contributed by atoms with van der Waals surface area (Å²) in [5.41, 5.74) is 0.350. The molecule has 0 aliphatic heterocycles. The number of nitrogens with zero attached hydrogens (tertiary/aromatic N) is 1. The summed E-state index contributed by atoms with van der Waals surface area (Å²) < 4.78 is 13.6. The molecule has 0 saturated carbocycles. The van der Waals surface area contributed by atoms with Crippen LogP contribution in [0.1, 0.15) is 15.9 Å². The lowest BCUT2D eigenvalue weighted by molar-refractivity contribution is -0.131. The van der Waals surface area contributed by atoms with E-state index in [2.05, 4.69) is 0 Å². The highest BCUT2D eigenvalue weighted by atomic mass is 19.1. The van der Waals surface area contributed by atoms with E-state index in [1.165, 1.54) is 37.2 Å². The number of hydrogen-bond acceptors (Lipinski definition) is 2. The summed E-state index contributed by atoms with van der Waals surface area (Å²) in [4.78, 5) is 23.1. The van der Waals surface area contributed by atoms with Crippen LogP contribution in [0, 0.1) is 5.82 Å². The molecular weight excluding hydrogens is 225 g/mol. The van der Waals surface area contributed by atoms with Gasteiger partial charge in [0.05, 0.1) is 5.56 Å². The van der Waals surface area contributed by atoms with Gasteiger partial charge in [-0.15, -0.1) is 0 Å². The number of carbonyl (C=O) groups is 2. The monoisotopic (exact) mass is 237 g/mol. The lowest BCUT2D eigenvalue weighted by atomic mass is 10.1. The summed E-state index contributed by atoms with van der Waals surface area (Å²) in [6.45, 7) is 0. The SMILES string of the molecule is CN(C)C(=O)c1ccc(C=CC(=O)O)cc1F. The summed E-state index contributed by atoms with van der Waals surface area (Å²) in [7, 11) is 3.06. The van der Waals surface area contributed by atoms with Gasteiger partial charge in [-0.05, 0) is 23.8 Å². The second-order valence-electron chi connectivity index (χ2n) is 3.61. The highest BCUT2D eigenvalue weighted by Gasteiger charge is 2.13. The molecule has 5 heteroatoms. The van der Waals surface area contributed by atoms with Crippen LogP contribution in [0.4, 0.5) is 4.39 Å². The van der Waals surface area contributed by atoms with Crippen molar-refractivity contribution in [1.82, 2.24) is 4.90 Å². The number of carboxylic acids is 1. The third-order valence-electron chi connectivity index (χ3n) is 2.05. The third kappa shape index (κ3) is 3.41. The summed E-state index contributed by atoms with van der Waals surface area (Å²) in [6.07, 6.45) is 2.16. The van der Waals surface area contributed by atoms with E-state index in [0.29, 0.717) is 5.56 Å². The minimum atomic E-state index is -1.11. The molecule has 0 spiro atoms. The van der Waals surface area contributed by atoms with Crippen molar-refractivity contribution in [2.24, 2.45) is 0 Å². The van der Waals surface area contributed by atoms with Gasteiger partial charge in [-0.1, -0.05) is 6.07 Å². The number of benzene rings is 1. The highest BCUT2D eigenvalue weighted by molar-refractivity contribution is 5.94. The average Bonchev–Trinajstić information content (AvgIpc) is 2.25. The zero-order valence-corrected chi connectivity index (χ0v) is 9.48. The first-order chi connectivity index (χ1) is 7.91. The van der Waals surface area contributed by atoms with Crippen molar-refractivity contribution in [3.05, 3.63) is 41.2 Å². The maximum absolute atomic E-state index is 13.6. The molecule has 1 amide bonds. The third-order valence-corrected chi connectivity index (χ3v) is 2.05. The maximum Gasteiger partial charge on any atom is 0.328 e. The summed E-state index contributed by atoms with van der Waals surface area (Å²) >= 11 is 0. The Morgan fingerprint density at radius 1 is 1.35 bits per heavy atom. The van der Waals surface area contributed by atoms with Crippen LogP contribution in [0.15, 0.2) is 24.3 Å². The van der Waals surface area contributed by atoms with Crippen molar-refractivity contribution in [3.8, 4) is 0 Å². The van der Waals surface area contributed by atoms with E-state index in [1.807, 2.05) is 0 Å². The number of amides is 1. The maximum atomic E-state index is 13.6. The minimum Gasteiger partial charge on any atom is -0.478 e. The van der Waals surface area contributed by atoms with E-state index in [1.54, 1.807) is 0 Å². The summed E-state index contributed by atoms with van der Waals surface area (Å²) in [5, 5.41) is 8.42. The molecule has 0 unspecified atom stereocenters. The van der Waals surface area contributed by atoms with Crippen LogP contribution in [-0.4, -0.2) is 36.0 Å². The molecule has 0 atom stereocenters. The van der Waals surface area contributed by atoms with E-state index in [4.69, 9.17) is 5.11 Å². The van der Waals surface area contributed by atoms with Crippen LogP contribution < -0.4 is 0 Å². The molecule has 1 aromatic carbocycles. The Morgan fingerprint density at radius 2 is 2.00 bits per heavy atom. The van der Waals surface area contributed by atoms with Gasteiger partial charge in [-0.2, -0.15) is 0 Å². The largest absolute Gasteiger partial charge is 0.478 e. The molecule has 0 fully saturated rings. The number of rotatable bonds is 3. The number of halogens is 1. The molecule has 1 aromatic rings. The van der Waals surface area contributed by atoms with Gasteiger partial charge >= 0.3 is 5.97 Å². The molecule has 0 aliphatic rings. The van der Waals surface area contributed by atoms with Crippen molar-refractivity contribution in [3.63, 3.8) is 0 Å². The van der Waals surface area contributed by atoms with Crippen LogP contribution in [0.25, 0.3) is 6.08 Å². The van der Waals surface area contributed by atoms with Gasteiger partial charge in [0.1, 0.15) is 5.82 Å². The molecule has 0 aliphatic carbocycles. The second kappa shape index (κ2) is 5.25. The standard InChI is InChI=1S/C12H12FNO3/c1-14(2)12(17)9-5-3-8(7-10(9)13)4-6-11(15)16/h3-7H,1-2H3,(H,15,16). The van der Waals surface area contributed by atoms with E-state index in [-0.39, 0.29) is 5.56 Å². The quantitative estimate of drug-likeness (QED) is 0.813. The van der Waals surface area contributed by atoms with Crippen LogP contribution in [0.5, 0.6) is 0 Å². The fourth-order valence-electron chi connectivity index (χ4n) is 1.22. The van der Waals surface area contributed by atoms with Crippen LogP contribution in [0.2, 0.25) is 0 Å². The molecule has 4 nitrogen and oxygen atoms in total. The molecule has 0 radical (unpaired) electrons. The number of hydrogen-bond donors (Lipinski definition) is 1. The van der Waals surface area contributed by atoms with Crippen LogP contribution in [0.3, 0.4) is 0 Å². The van der Waals surface area contributed by atoms with E-state index >= 15 is 0 Å². The van der Waals surface area contributed by atoms with Crippen molar-refractivity contribution in [1.29, 1.82) is 0 Å². The van der Waals surface area contributed by atoms with Gasteiger partial charge in [-0.3, -0.25) is 4.79 Å². The lowest BCUT2D eigenvalue weighted by Gasteiger charge is -2.10. The Bertz CT molecular complexity index is 481. The van der Waals surface area contributed by atoms with Crippen LogP contribution in [-0.2, 0) is 4.79 Å². The first kappa shape index (κ1) is 12.9. The molecular formula is C12H12FNO3. The zero-order valence-electron chi connectivity index (χ0n) is 9.48. The van der Waals surface area contributed by atoms with Crippen molar-refractivity contribution in [2.75, 3.05) is 14.1 Å². The normalized spacial score (nSPS) is 10.5. The fraction of sp³-hybridized carbons (Fsp3) is 0.167. The molecule has 0 aromatic heterocycles. The van der Waals surface area contributed by atoms with Gasteiger partial charge in [0, 0.05) is 20.2 Å². The smallest absolute Gasteiger partial charge is 0.328 e. The van der Waals surface area contributed by atoms with Gasteiger partial charge in [0.15, 0.2) is 0 Å². The van der Waals surface area contributed by atoms with Crippen LogP contribution >= 0.6 is 0 Å². The Kier molecular flexibility index (Phi) is 3.98. The second-order valence-corrected chi connectivity index (χ2v) is 3.61. The lowest BCUT2D eigenvalue weighted by Crippen LogP contribution is -2.22. The first-order valence-electron chi connectivity index (χ1n) is 4.84. The fourth-order valence-corrected chi connectivity index (χ4v) is 1.22. The highest BCUT2D eigenvalue weighted by Crippen LogP contribution is 2.13. The number of aliphatic carboxylic acids is 1. The van der Waals surface area contributed by atoms with Crippen molar-refractivity contribution >= 4 is 18.0 Å². The number of carboxylic acid groups (broad SMARTS) is 1. The molecule has 0 heterocycles. The molecule has 0 saturated heterocycles. The molecule has 1 N–H and O–H groups in total. The predicted octanol–water partition coefficient (Wildman–Crippen LogP) is 1.63. The Balaban J connectivity index is 3.02. The molecule has 0 bridgehead atoms. The predicted molar refractivity (Wildman–Crippen MR) is 61.1 cm³/mol. The van der Waals surface area contributed by atoms with E-state index in [0.717, 1.165) is 12.1 Å². The summed E-state index contributed by atoms with van der Waals surface area (Å²) in [5.74, 6) is -2.22. The zero-order chi connectivity index (χ0) is 13.0. The van der Waals surface area contributed by atoms with Crippen molar-refractivity contribution in [2.45, 2.75) is 0 Å². The Hall–Kier alpha value is -2.17. The van der Waals surface area contributed by atoms with E-state index < -0.39 is 17.7 Å². The van der Waals surface area contributed by atoms with Gasteiger partial charge in [0.25, 0.3) is 5.91 Å². The van der Waals surface area contributed by atoms with Gasteiger partial charge in [0.2, 0.25) is 0 Å². The molecule has 1 rings (SSSR count). The molecule has 90 valence electrons. The topological polar surface area (TPSA) is 57.6 Å². The Morgan fingerprint density at radius 3 is 2.47 bits per heavy atom. The van der Waals surface area contributed by atoms with Crippen molar-refractivity contribution < 1.29 is 19.1 Å². The molecule has 17 heavy (non-hydrogen) atoms.